The summed E-state index contributed by atoms with van der Waals surface area (Å²) in [6, 6.07) is 1.81. The number of hydrogen-bond donors (Lipinski definition) is 0. The lowest BCUT2D eigenvalue weighted by Crippen LogP contribution is -2.47. The maximum absolute atomic E-state index is 12.1. The Morgan fingerprint density at radius 1 is 1.13 bits per heavy atom. The molecule has 1 aliphatic rings. The molecule has 1 aromatic rings. The summed E-state index contributed by atoms with van der Waals surface area (Å²) in [7, 11) is 0. The lowest BCUT2D eigenvalue weighted by Gasteiger charge is -2.33. The number of rotatable bonds is 3. The topological polar surface area (TPSA) is 32.3 Å². The minimum Gasteiger partial charge on any atom is -0.338 e. The van der Waals surface area contributed by atoms with Gasteiger partial charge in [0.25, 0.3) is 0 Å². The van der Waals surface area contributed by atoms with Crippen LogP contribution in [0.5, 0.6) is 0 Å². The van der Waals surface area contributed by atoms with Gasteiger partial charge in [0.2, 0.25) is 5.95 Å². The Kier molecular flexibility index (Phi) is 3.45. The molecule has 2 heterocycles. The van der Waals surface area contributed by atoms with Gasteiger partial charge in [0.1, 0.15) is 6.67 Å². The molecule has 1 saturated heterocycles. The van der Waals surface area contributed by atoms with Gasteiger partial charge in [-0.25, -0.2) is 14.4 Å². The Morgan fingerprint density at radius 3 is 2.40 bits per heavy atom. The molecule has 1 aliphatic heterocycles. The van der Waals surface area contributed by atoms with Gasteiger partial charge in [-0.2, -0.15) is 0 Å². The first-order valence-electron chi connectivity index (χ1n) is 5.20. The molecular weight excluding hydrogens is 195 g/mol. The molecule has 82 valence electrons. The zero-order valence-corrected chi connectivity index (χ0v) is 8.64. The van der Waals surface area contributed by atoms with E-state index in [9.17, 15) is 4.39 Å². The molecule has 0 spiro atoms. The van der Waals surface area contributed by atoms with E-state index in [2.05, 4.69) is 19.8 Å². The third-order valence-electron chi connectivity index (χ3n) is 2.61. The van der Waals surface area contributed by atoms with Crippen molar-refractivity contribution in [1.29, 1.82) is 0 Å². The lowest BCUT2D eigenvalue weighted by molar-refractivity contribution is 0.234. The molecule has 0 aromatic carbocycles. The second-order valence-electron chi connectivity index (χ2n) is 3.57. The van der Waals surface area contributed by atoms with Crippen molar-refractivity contribution in [3.05, 3.63) is 18.5 Å². The molecular formula is C10H15FN4. The minimum absolute atomic E-state index is 0.262. The second kappa shape index (κ2) is 5.02. The van der Waals surface area contributed by atoms with Gasteiger partial charge in [-0.15, -0.1) is 0 Å². The molecule has 5 heteroatoms. The molecule has 1 aromatic heterocycles. The van der Waals surface area contributed by atoms with Gasteiger partial charge < -0.3 is 4.90 Å². The molecule has 0 bridgehead atoms. The SMILES string of the molecule is FCCN1CCN(c2ncccn2)CC1. The summed E-state index contributed by atoms with van der Waals surface area (Å²) < 4.78 is 12.1. The predicted octanol–water partition coefficient (Wildman–Crippen LogP) is 0.568. The van der Waals surface area contributed by atoms with E-state index in [0.29, 0.717) is 6.54 Å². The van der Waals surface area contributed by atoms with E-state index < -0.39 is 0 Å². The molecule has 0 saturated carbocycles. The molecule has 0 radical (unpaired) electrons. The van der Waals surface area contributed by atoms with E-state index in [1.54, 1.807) is 12.4 Å². The second-order valence-corrected chi connectivity index (χ2v) is 3.57. The first kappa shape index (κ1) is 10.3. The Bertz CT molecular complexity index is 285. The van der Waals surface area contributed by atoms with Crippen molar-refractivity contribution in [3.63, 3.8) is 0 Å². The van der Waals surface area contributed by atoms with Crippen molar-refractivity contribution in [2.45, 2.75) is 0 Å². The fourth-order valence-electron chi connectivity index (χ4n) is 1.75. The molecule has 15 heavy (non-hydrogen) atoms. The molecule has 4 nitrogen and oxygen atoms in total. The minimum atomic E-state index is -0.262. The van der Waals surface area contributed by atoms with Crippen LogP contribution in [0, 0.1) is 0 Å². The first-order chi connectivity index (χ1) is 7.40. The monoisotopic (exact) mass is 210 g/mol. The van der Waals surface area contributed by atoms with Crippen molar-refractivity contribution >= 4 is 5.95 Å². The van der Waals surface area contributed by atoms with Crippen molar-refractivity contribution in [2.24, 2.45) is 0 Å². The fraction of sp³-hybridized carbons (Fsp3) is 0.600. The van der Waals surface area contributed by atoms with Gasteiger partial charge in [0, 0.05) is 45.1 Å². The average Bonchev–Trinajstić information content (AvgIpc) is 2.32. The zero-order valence-electron chi connectivity index (χ0n) is 8.64. The Morgan fingerprint density at radius 2 is 1.80 bits per heavy atom. The molecule has 1 fully saturated rings. The number of piperazine rings is 1. The predicted molar refractivity (Wildman–Crippen MR) is 56.7 cm³/mol. The van der Waals surface area contributed by atoms with Gasteiger partial charge in [0.15, 0.2) is 0 Å². The maximum atomic E-state index is 12.1. The van der Waals surface area contributed by atoms with Gasteiger partial charge in [-0.05, 0) is 6.07 Å². The highest BCUT2D eigenvalue weighted by Gasteiger charge is 2.17. The number of nitrogens with zero attached hydrogens (tertiary/aromatic N) is 4. The van der Waals surface area contributed by atoms with Crippen LogP contribution in [-0.4, -0.2) is 54.3 Å². The molecule has 0 atom stereocenters. The van der Waals surface area contributed by atoms with E-state index in [1.165, 1.54) is 0 Å². The highest BCUT2D eigenvalue weighted by atomic mass is 19.1. The summed E-state index contributed by atoms with van der Waals surface area (Å²) in [5.41, 5.74) is 0. The summed E-state index contributed by atoms with van der Waals surface area (Å²) in [6.07, 6.45) is 3.49. The molecule has 0 amide bonds. The molecule has 0 N–H and O–H groups in total. The van der Waals surface area contributed by atoms with E-state index >= 15 is 0 Å². The number of hydrogen-bond acceptors (Lipinski definition) is 4. The van der Waals surface area contributed by atoms with Gasteiger partial charge in [0.05, 0.1) is 0 Å². The average molecular weight is 210 g/mol. The number of aromatic nitrogens is 2. The van der Waals surface area contributed by atoms with Crippen molar-refractivity contribution in [2.75, 3.05) is 44.3 Å². The first-order valence-corrected chi connectivity index (χ1v) is 5.20. The van der Waals surface area contributed by atoms with Crippen LogP contribution in [0.2, 0.25) is 0 Å². The molecule has 0 unspecified atom stereocenters. The highest BCUT2D eigenvalue weighted by Crippen LogP contribution is 2.08. The summed E-state index contributed by atoms with van der Waals surface area (Å²) in [5.74, 6) is 0.775. The quantitative estimate of drug-likeness (QED) is 0.730. The van der Waals surface area contributed by atoms with Crippen LogP contribution >= 0.6 is 0 Å². The van der Waals surface area contributed by atoms with Crippen molar-refractivity contribution in [3.8, 4) is 0 Å². The largest absolute Gasteiger partial charge is 0.338 e. The summed E-state index contributed by atoms with van der Waals surface area (Å²) in [5, 5.41) is 0. The smallest absolute Gasteiger partial charge is 0.225 e. The summed E-state index contributed by atoms with van der Waals surface area (Å²) in [6.45, 7) is 3.82. The third kappa shape index (κ3) is 2.62. The van der Waals surface area contributed by atoms with E-state index in [4.69, 9.17) is 0 Å². The molecule has 0 aliphatic carbocycles. The number of alkyl halides is 1. The Labute approximate surface area is 88.7 Å². The fourth-order valence-corrected chi connectivity index (χ4v) is 1.75. The van der Waals surface area contributed by atoms with Gasteiger partial charge >= 0.3 is 0 Å². The van der Waals surface area contributed by atoms with Crippen LogP contribution in [0.4, 0.5) is 10.3 Å². The molecule has 2 rings (SSSR count). The zero-order chi connectivity index (χ0) is 10.5. The lowest BCUT2D eigenvalue weighted by atomic mass is 10.3. The number of halogens is 1. The van der Waals surface area contributed by atoms with Crippen molar-refractivity contribution < 1.29 is 4.39 Å². The standard InChI is InChI=1S/C10H15FN4/c11-2-5-14-6-8-15(9-7-14)10-12-3-1-4-13-10/h1,3-4H,2,5-9H2. The van der Waals surface area contributed by atoms with Crippen LogP contribution < -0.4 is 4.90 Å². The van der Waals surface area contributed by atoms with E-state index in [-0.39, 0.29) is 6.67 Å². The van der Waals surface area contributed by atoms with Gasteiger partial charge in [-0.3, -0.25) is 4.90 Å². The maximum Gasteiger partial charge on any atom is 0.225 e. The third-order valence-corrected chi connectivity index (χ3v) is 2.61. The van der Waals surface area contributed by atoms with Crippen LogP contribution in [0.3, 0.4) is 0 Å². The van der Waals surface area contributed by atoms with Crippen LogP contribution in [-0.2, 0) is 0 Å². The highest BCUT2D eigenvalue weighted by molar-refractivity contribution is 5.29. The van der Waals surface area contributed by atoms with E-state index in [0.717, 1.165) is 32.1 Å². The summed E-state index contributed by atoms with van der Waals surface area (Å²) in [4.78, 5) is 12.6. The summed E-state index contributed by atoms with van der Waals surface area (Å²) >= 11 is 0. The van der Waals surface area contributed by atoms with E-state index in [1.807, 2.05) is 6.07 Å². The normalized spacial score (nSPS) is 18.1. The van der Waals surface area contributed by atoms with Crippen LogP contribution in [0.15, 0.2) is 18.5 Å². The number of anilines is 1. The van der Waals surface area contributed by atoms with Crippen molar-refractivity contribution in [1.82, 2.24) is 14.9 Å². The van der Waals surface area contributed by atoms with Crippen LogP contribution in [0.1, 0.15) is 0 Å². The Balaban J connectivity index is 1.88. The van der Waals surface area contributed by atoms with Gasteiger partial charge in [-0.1, -0.05) is 0 Å². The Hall–Kier alpha value is -1.23. The van der Waals surface area contributed by atoms with Crippen LogP contribution in [0.25, 0.3) is 0 Å².